The van der Waals surface area contributed by atoms with E-state index in [-0.39, 0.29) is 5.91 Å². The quantitative estimate of drug-likeness (QED) is 0.457. The van der Waals surface area contributed by atoms with Crippen molar-refractivity contribution < 1.29 is 14.3 Å². The first-order chi connectivity index (χ1) is 16.1. The van der Waals surface area contributed by atoms with Crippen molar-refractivity contribution in [3.05, 3.63) is 90.1 Å². The van der Waals surface area contributed by atoms with Gasteiger partial charge in [0.2, 0.25) is 0 Å². The second-order valence-corrected chi connectivity index (χ2v) is 7.48. The van der Waals surface area contributed by atoms with E-state index in [4.69, 9.17) is 9.47 Å². The minimum absolute atomic E-state index is 0.215. The highest BCUT2D eigenvalue weighted by atomic mass is 16.5. The average Bonchev–Trinajstić information content (AvgIpc) is 2.87. The molecule has 0 unspecified atom stereocenters. The van der Waals surface area contributed by atoms with E-state index in [1.54, 1.807) is 51.3 Å². The van der Waals surface area contributed by atoms with Crippen molar-refractivity contribution in [2.45, 2.75) is 13.5 Å². The summed E-state index contributed by atoms with van der Waals surface area (Å²) < 4.78 is 10.6. The summed E-state index contributed by atoms with van der Waals surface area (Å²) in [6.45, 7) is 2.30. The van der Waals surface area contributed by atoms with Gasteiger partial charge in [-0.2, -0.15) is 0 Å². The van der Waals surface area contributed by atoms with Gasteiger partial charge in [0, 0.05) is 54.2 Å². The molecule has 0 aliphatic heterocycles. The van der Waals surface area contributed by atoms with E-state index in [1.807, 2.05) is 43.3 Å². The van der Waals surface area contributed by atoms with Crippen molar-refractivity contribution in [2.24, 2.45) is 0 Å². The number of benzene rings is 1. The molecular formula is C26H24N4O3. The molecule has 0 fully saturated rings. The van der Waals surface area contributed by atoms with Crippen LogP contribution >= 0.6 is 0 Å². The Morgan fingerprint density at radius 1 is 0.909 bits per heavy atom. The molecule has 0 saturated heterocycles. The fraction of sp³-hybridized carbons (Fsp3) is 0.154. The maximum absolute atomic E-state index is 13.3. The Labute approximate surface area is 192 Å². The van der Waals surface area contributed by atoms with Gasteiger partial charge in [0.05, 0.1) is 25.5 Å². The number of hydrogen-bond donors (Lipinski definition) is 1. The molecule has 1 aromatic carbocycles. The number of rotatable bonds is 7. The molecule has 166 valence electrons. The molecule has 1 amide bonds. The molecule has 0 spiro atoms. The maximum atomic E-state index is 13.3. The molecule has 0 radical (unpaired) electrons. The Balaban J connectivity index is 1.66. The molecule has 3 heterocycles. The van der Waals surface area contributed by atoms with Crippen molar-refractivity contribution in [3.8, 4) is 33.9 Å². The summed E-state index contributed by atoms with van der Waals surface area (Å²) in [5.41, 5.74) is 5.46. The summed E-state index contributed by atoms with van der Waals surface area (Å²) in [4.78, 5) is 26.3. The van der Waals surface area contributed by atoms with E-state index < -0.39 is 0 Å². The molecule has 4 rings (SSSR count). The highest BCUT2D eigenvalue weighted by molar-refractivity contribution is 6.01. The number of ether oxygens (including phenoxy) is 2. The second kappa shape index (κ2) is 9.91. The van der Waals surface area contributed by atoms with Gasteiger partial charge in [0.25, 0.3) is 5.91 Å². The van der Waals surface area contributed by atoms with Gasteiger partial charge in [0.15, 0.2) is 11.5 Å². The number of aryl methyl sites for hydroxylation is 1. The number of nitrogens with zero attached hydrogens (tertiary/aromatic N) is 3. The first-order valence-corrected chi connectivity index (χ1v) is 10.4. The topological polar surface area (TPSA) is 86.2 Å². The third kappa shape index (κ3) is 4.98. The van der Waals surface area contributed by atoms with E-state index in [2.05, 4.69) is 20.3 Å². The van der Waals surface area contributed by atoms with E-state index in [0.717, 1.165) is 22.3 Å². The summed E-state index contributed by atoms with van der Waals surface area (Å²) >= 11 is 0. The first kappa shape index (κ1) is 22.0. The Kier molecular flexibility index (Phi) is 6.59. The SMILES string of the molecule is COc1ccc(CNC(=O)c2cc(-c3cncc(C)c3)ncc2-c2cccnc2)cc1OC. The number of amides is 1. The Morgan fingerprint density at radius 2 is 1.73 bits per heavy atom. The molecule has 4 aromatic rings. The molecular weight excluding hydrogens is 416 g/mol. The predicted molar refractivity (Wildman–Crippen MR) is 126 cm³/mol. The van der Waals surface area contributed by atoms with E-state index in [0.29, 0.717) is 34.9 Å². The second-order valence-electron chi connectivity index (χ2n) is 7.48. The van der Waals surface area contributed by atoms with Gasteiger partial charge >= 0.3 is 0 Å². The molecule has 0 atom stereocenters. The largest absolute Gasteiger partial charge is 0.493 e. The summed E-state index contributed by atoms with van der Waals surface area (Å²) in [5, 5.41) is 3.01. The molecule has 0 aliphatic rings. The van der Waals surface area contributed by atoms with Crippen molar-refractivity contribution in [3.63, 3.8) is 0 Å². The predicted octanol–water partition coefficient (Wildman–Crippen LogP) is 4.46. The molecule has 3 aromatic heterocycles. The summed E-state index contributed by atoms with van der Waals surface area (Å²) in [6, 6.07) is 13.1. The Morgan fingerprint density at radius 3 is 2.45 bits per heavy atom. The van der Waals surface area contributed by atoms with Crippen LogP contribution in [0, 0.1) is 6.92 Å². The molecule has 1 N–H and O–H groups in total. The van der Waals surface area contributed by atoms with Crippen LogP contribution in [0.3, 0.4) is 0 Å². The standard InChI is InChI=1S/C26H24N4O3/c1-17-9-20(15-28-12-17)23-11-21(22(16-29-23)19-5-4-8-27-14-19)26(31)30-13-18-6-7-24(32-2)25(10-18)33-3/h4-12,14-16H,13H2,1-3H3,(H,30,31). The lowest BCUT2D eigenvalue weighted by Gasteiger charge is -2.13. The maximum Gasteiger partial charge on any atom is 0.252 e. The lowest BCUT2D eigenvalue weighted by Crippen LogP contribution is -2.23. The summed E-state index contributed by atoms with van der Waals surface area (Å²) in [5.74, 6) is 1.03. The van der Waals surface area contributed by atoms with Crippen LogP contribution in [0.5, 0.6) is 11.5 Å². The smallest absolute Gasteiger partial charge is 0.252 e. The van der Waals surface area contributed by atoms with E-state index in [1.165, 1.54) is 0 Å². The zero-order chi connectivity index (χ0) is 23.2. The Bertz CT molecular complexity index is 1280. The van der Waals surface area contributed by atoms with Crippen molar-refractivity contribution in [2.75, 3.05) is 14.2 Å². The van der Waals surface area contributed by atoms with Crippen LogP contribution in [0.2, 0.25) is 0 Å². The van der Waals surface area contributed by atoms with Crippen LogP contribution < -0.4 is 14.8 Å². The van der Waals surface area contributed by atoms with Gasteiger partial charge in [-0.1, -0.05) is 12.1 Å². The van der Waals surface area contributed by atoms with Crippen molar-refractivity contribution in [1.82, 2.24) is 20.3 Å². The summed E-state index contributed by atoms with van der Waals surface area (Å²) in [7, 11) is 3.17. The number of hydrogen-bond acceptors (Lipinski definition) is 6. The molecule has 0 aliphatic carbocycles. The van der Waals surface area contributed by atoms with Crippen LogP contribution in [-0.2, 0) is 6.54 Å². The van der Waals surface area contributed by atoms with Crippen LogP contribution in [-0.4, -0.2) is 35.1 Å². The van der Waals surface area contributed by atoms with Crippen LogP contribution in [0.1, 0.15) is 21.5 Å². The van der Waals surface area contributed by atoms with Crippen LogP contribution in [0.4, 0.5) is 0 Å². The number of aromatic nitrogens is 3. The van der Waals surface area contributed by atoms with E-state index >= 15 is 0 Å². The number of carbonyl (C=O) groups is 1. The third-order valence-corrected chi connectivity index (χ3v) is 5.19. The van der Waals surface area contributed by atoms with E-state index in [9.17, 15) is 4.79 Å². The van der Waals surface area contributed by atoms with Crippen LogP contribution in [0.15, 0.2) is 73.4 Å². The highest BCUT2D eigenvalue weighted by Gasteiger charge is 2.16. The molecule has 7 heteroatoms. The normalized spacial score (nSPS) is 10.5. The Hall–Kier alpha value is -4.26. The number of methoxy groups -OCH3 is 2. The number of pyridine rings is 3. The first-order valence-electron chi connectivity index (χ1n) is 10.4. The zero-order valence-corrected chi connectivity index (χ0v) is 18.7. The van der Waals surface area contributed by atoms with Gasteiger partial charge in [-0.15, -0.1) is 0 Å². The van der Waals surface area contributed by atoms with Gasteiger partial charge in [-0.25, -0.2) is 0 Å². The van der Waals surface area contributed by atoms with Crippen molar-refractivity contribution >= 4 is 5.91 Å². The number of carbonyl (C=O) groups excluding carboxylic acids is 1. The minimum Gasteiger partial charge on any atom is -0.493 e. The lowest BCUT2D eigenvalue weighted by atomic mass is 10.00. The lowest BCUT2D eigenvalue weighted by molar-refractivity contribution is 0.0951. The van der Waals surface area contributed by atoms with Gasteiger partial charge in [-0.3, -0.25) is 19.7 Å². The van der Waals surface area contributed by atoms with Gasteiger partial charge < -0.3 is 14.8 Å². The molecule has 0 saturated carbocycles. The third-order valence-electron chi connectivity index (χ3n) is 5.19. The summed E-state index contributed by atoms with van der Waals surface area (Å²) in [6.07, 6.45) is 8.64. The minimum atomic E-state index is -0.215. The monoisotopic (exact) mass is 440 g/mol. The molecule has 0 bridgehead atoms. The average molecular weight is 441 g/mol. The van der Waals surface area contributed by atoms with Gasteiger partial charge in [-0.05, 0) is 48.4 Å². The fourth-order valence-corrected chi connectivity index (χ4v) is 3.52. The highest BCUT2D eigenvalue weighted by Crippen LogP contribution is 2.29. The molecule has 33 heavy (non-hydrogen) atoms. The zero-order valence-electron chi connectivity index (χ0n) is 18.7. The number of nitrogens with one attached hydrogen (secondary N) is 1. The fourth-order valence-electron chi connectivity index (χ4n) is 3.52. The van der Waals surface area contributed by atoms with Crippen molar-refractivity contribution in [1.29, 1.82) is 0 Å². The molecule has 7 nitrogen and oxygen atoms in total. The van der Waals surface area contributed by atoms with Gasteiger partial charge in [0.1, 0.15) is 0 Å². The van der Waals surface area contributed by atoms with Crippen LogP contribution in [0.25, 0.3) is 22.4 Å².